The lowest BCUT2D eigenvalue weighted by molar-refractivity contribution is -0.140. The molecule has 0 unspecified atom stereocenters. The van der Waals surface area contributed by atoms with Crippen LogP contribution in [0.3, 0.4) is 0 Å². The lowest BCUT2D eigenvalue weighted by atomic mass is 9.75. The fourth-order valence-electron chi connectivity index (χ4n) is 1.71. The Morgan fingerprint density at radius 1 is 1.75 bits per heavy atom. The number of aliphatic hydroxyl groups excluding tert-OH is 1. The van der Waals surface area contributed by atoms with Gasteiger partial charge in [-0.3, -0.25) is 14.4 Å². The van der Waals surface area contributed by atoms with E-state index >= 15 is 0 Å². The smallest absolute Gasteiger partial charge is 0.485 e. The first-order valence-electron chi connectivity index (χ1n) is 4.92. The third kappa shape index (κ3) is 2.18. The van der Waals surface area contributed by atoms with Crippen LogP contribution in [0.1, 0.15) is 0 Å². The minimum Gasteiger partial charge on any atom is -0.517 e. The number of methoxy groups -OCH3 is 1. The number of carbonyl (C=O) groups excluding carboxylic acids is 2. The number of nitrogens with zero attached hydrogens (tertiary/aromatic N) is 1. The zero-order chi connectivity index (χ0) is 11.7. The van der Waals surface area contributed by atoms with Crippen LogP contribution >= 0.6 is 0 Å². The molecule has 1 N–H and O–H groups in total. The molecule has 0 aliphatic carbocycles. The second kappa shape index (κ2) is 4.40. The SMILES string of the molecule is COC(=O)CN1CC(=O)OB1[C@@H]1O[C@H]1CO. The quantitative estimate of drug-likeness (QED) is 0.332. The van der Waals surface area contributed by atoms with Crippen molar-refractivity contribution in [1.82, 2.24) is 4.81 Å². The van der Waals surface area contributed by atoms with Crippen molar-refractivity contribution in [1.29, 1.82) is 0 Å². The molecule has 0 amide bonds. The minimum absolute atomic E-state index is 0.0229. The van der Waals surface area contributed by atoms with Crippen molar-refractivity contribution >= 4 is 19.0 Å². The van der Waals surface area contributed by atoms with E-state index in [2.05, 4.69) is 4.74 Å². The molecule has 0 radical (unpaired) electrons. The van der Waals surface area contributed by atoms with Crippen LogP contribution in [-0.2, 0) is 23.7 Å². The number of ether oxygens (including phenoxy) is 2. The molecule has 16 heavy (non-hydrogen) atoms. The Kier molecular flexibility index (Phi) is 3.13. The van der Waals surface area contributed by atoms with Crippen molar-refractivity contribution in [3.63, 3.8) is 0 Å². The number of hydrogen-bond acceptors (Lipinski definition) is 7. The van der Waals surface area contributed by atoms with E-state index in [1.54, 1.807) is 0 Å². The molecule has 2 aliphatic heterocycles. The highest BCUT2D eigenvalue weighted by Gasteiger charge is 2.57. The van der Waals surface area contributed by atoms with E-state index in [4.69, 9.17) is 14.5 Å². The monoisotopic (exact) mass is 229 g/mol. The van der Waals surface area contributed by atoms with E-state index < -0.39 is 19.0 Å². The van der Waals surface area contributed by atoms with Crippen molar-refractivity contribution in [2.45, 2.75) is 12.1 Å². The van der Waals surface area contributed by atoms with Gasteiger partial charge in [0.05, 0.1) is 26.8 Å². The van der Waals surface area contributed by atoms with Gasteiger partial charge in [0.1, 0.15) is 12.1 Å². The first kappa shape index (κ1) is 11.4. The molecule has 7 nitrogen and oxygen atoms in total. The van der Waals surface area contributed by atoms with Crippen molar-refractivity contribution in [3.8, 4) is 0 Å². The summed E-state index contributed by atoms with van der Waals surface area (Å²) in [7, 11) is 0.684. The van der Waals surface area contributed by atoms with Gasteiger partial charge in [-0.1, -0.05) is 0 Å². The maximum Gasteiger partial charge on any atom is 0.485 e. The lowest BCUT2D eigenvalue weighted by Crippen LogP contribution is -2.44. The van der Waals surface area contributed by atoms with Gasteiger partial charge in [0, 0.05) is 0 Å². The van der Waals surface area contributed by atoms with Crippen molar-refractivity contribution in [3.05, 3.63) is 0 Å². The Balaban J connectivity index is 1.94. The molecule has 2 heterocycles. The molecule has 0 aromatic carbocycles. The highest BCUT2D eigenvalue weighted by Crippen LogP contribution is 2.28. The van der Waals surface area contributed by atoms with Crippen LogP contribution in [0, 0.1) is 0 Å². The third-order valence-corrected chi connectivity index (χ3v) is 2.59. The molecule has 0 aromatic heterocycles. The average Bonchev–Trinajstić information content (AvgIpc) is 2.96. The Morgan fingerprint density at radius 3 is 3.06 bits per heavy atom. The molecule has 0 bridgehead atoms. The predicted molar refractivity (Wildman–Crippen MR) is 51.2 cm³/mol. The summed E-state index contributed by atoms with van der Waals surface area (Å²) in [5.41, 5.74) is 0. The van der Waals surface area contributed by atoms with Gasteiger partial charge in [0.2, 0.25) is 0 Å². The molecule has 2 rings (SSSR count). The fraction of sp³-hybridized carbons (Fsp3) is 0.750. The number of aliphatic hydroxyl groups is 1. The largest absolute Gasteiger partial charge is 0.517 e. The van der Waals surface area contributed by atoms with E-state index in [-0.39, 0.29) is 31.8 Å². The van der Waals surface area contributed by atoms with Gasteiger partial charge in [-0.05, 0) is 0 Å². The molecule has 2 saturated heterocycles. The fourth-order valence-corrected chi connectivity index (χ4v) is 1.71. The Labute approximate surface area is 92.4 Å². The molecule has 0 spiro atoms. The minimum atomic E-state index is -0.594. The standard InChI is InChI=1S/C8H12BNO6/c1-14-6(12)2-10-3-7(13)16-9(10)8-5(4-11)15-8/h5,8,11H,2-4H2,1H3/t5-,8+/m0/s1. The number of hydrogen-bond donors (Lipinski definition) is 1. The topological polar surface area (TPSA) is 88.6 Å². The van der Waals surface area contributed by atoms with E-state index in [0.29, 0.717) is 0 Å². The summed E-state index contributed by atoms with van der Waals surface area (Å²) in [5.74, 6) is -0.842. The summed E-state index contributed by atoms with van der Waals surface area (Å²) in [6.07, 6.45) is -0.309. The predicted octanol–water partition coefficient (Wildman–Crippen LogP) is -2.19. The van der Waals surface area contributed by atoms with Gasteiger partial charge in [0.25, 0.3) is 0 Å². The maximum absolute atomic E-state index is 11.1. The van der Waals surface area contributed by atoms with E-state index in [0.717, 1.165) is 0 Å². The Hall–Kier alpha value is -1.12. The highest BCUT2D eigenvalue weighted by molar-refractivity contribution is 6.55. The summed E-state index contributed by atoms with van der Waals surface area (Å²) in [6.45, 7) is -0.104. The summed E-state index contributed by atoms with van der Waals surface area (Å²) in [6, 6.07) is -0.346. The molecule has 0 aromatic rings. The van der Waals surface area contributed by atoms with Crippen molar-refractivity contribution in [2.75, 3.05) is 26.8 Å². The van der Waals surface area contributed by atoms with Crippen LogP contribution in [0.25, 0.3) is 0 Å². The maximum atomic E-state index is 11.1. The zero-order valence-corrected chi connectivity index (χ0v) is 8.79. The molecular weight excluding hydrogens is 217 g/mol. The summed E-state index contributed by atoms with van der Waals surface area (Å²) in [5, 5.41) is 8.84. The molecule has 0 saturated carbocycles. The Morgan fingerprint density at radius 2 is 2.50 bits per heavy atom. The molecule has 2 fully saturated rings. The van der Waals surface area contributed by atoms with Crippen LogP contribution in [-0.4, -0.2) is 67.8 Å². The van der Waals surface area contributed by atoms with E-state index in [1.165, 1.54) is 11.9 Å². The van der Waals surface area contributed by atoms with Crippen LogP contribution in [0.2, 0.25) is 0 Å². The van der Waals surface area contributed by atoms with Gasteiger partial charge in [-0.25, -0.2) is 0 Å². The van der Waals surface area contributed by atoms with Crippen LogP contribution in [0.4, 0.5) is 0 Å². The van der Waals surface area contributed by atoms with Gasteiger partial charge >= 0.3 is 19.0 Å². The molecule has 8 heteroatoms. The summed E-state index contributed by atoms with van der Waals surface area (Å²) >= 11 is 0. The number of rotatable bonds is 4. The summed E-state index contributed by atoms with van der Waals surface area (Å²) < 4.78 is 14.7. The number of epoxide rings is 1. The molecule has 2 aliphatic rings. The van der Waals surface area contributed by atoms with Crippen LogP contribution in [0.5, 0.6) is 0 Å². The van der Waals surface area contributed by atoms with Gasteiger partial charge in [-0.2, -0.15) is 0 Å². The van der Waals surface area contributed by atoms with Crippen molar-refractivity contribution < 1.29 is 28.8 Å². The Bertz CT molecular complexity index is 311. The first-order chi connectivity index (χ1) is 7.65. The lowest BCUT2D eigenvalue weighted by Gasteiger charge is -2.14. The van der Waals surface area contributed by atoms with Gasteiger partial charge < -0.3 is 19.2 Å². The van der Waals surface area contributed by atoms with Crippen LogP contribution in [0.15, 0.2) is 0 Å². The number of carbonyl (C=O) groups is 2. The molecule has 88 valence electrons. The normalized spacial score (nSPS) is 29.1. The second-order valence-corrected chi connectivity index (χ2v) is 3.68. The van der Waals surface area contributed by atoms with Gasteiger partial charge in [0.15, 0.2) is 0 Å². The highest BCUT2D eigenvalue weighted by atomic mass is 16.6. The molecular formula is C8H12BNO6. The molecule has 2 atom stereocenters. The van der Waals surface area contributed by atoms with E-state index in [9.17, 15) is 9.59 Å². The van der Waals surface area contributed by atoms with Crippen LogP contribution < -0.4 is 0 Å². The average molecular weight is 229 g/mol. The first-order valence-corrected chi connectivity index (χ1v) is 4.92. The van der Waals surface area contributed by atoms with Crippen molar-refractivity contribution in [2.24, 2.45) is 0 Å². The zero-order valence-electron chi connectivity index (χ0n) is 8.79. The third-order valence-electron chi connectivity index (χ3n) is 2.59. The van der Waals surface area contributed by atoms with E-state index in [1.807, 2.05) is 0 Å². The number of esters is 1. The second-order valence-electron chi connectivity index (χ2n) is 3.68. The van der Waals surface area contributed by atoms with Gasteiger partial charge in [-0.15, -0.1) is 0 Å². The summed E-state index contributed by atoms with van der Waals surface area (Å²) in [4.78, 5) is 23.8.